The van der Waals surface area contributed by atoms with Crippen LogP contribution in [0.15, 0.2) is 16.7 Å². The maximum Gasteiger partial charge on any atom is 0.177 e. The Morgan fingerprint density at radius 2 is 2.00 bits per heavy atom. The van der Waals surface area contributed by atoms with E-state index in [4.69, 9.17) is 4.52 Å². The van der Waals surface area contributed by atoms with Crippen molar-refractivity contribution in [3.63, 3.8) is 0 Å². The molecule has 0 spiro atoms. The number of nitrogens with one attached hydrogen (secondary N) is 1. The largest absolute Gasteiger partial charge is 0.367 e. The van der Waals surface area contributed by atoms with Crippen LogP contribution in [-0.4, -0.2) is 11.7 Å². The van der Waals surface area contributed by atoms with Gasteiger partial charge in [0.1, 0.15) is 0 Å². The van der Waals surface area contributed by atoms with Gasteiger partial charge in [0, 0.05) is 6.54 Å². The first-order valence-corrected chi connectivity index (χ1v) is 4.83. The van der Waals surface area contributed by atoms with Gasteiger partial charge in [0.2, 0.25) is 0 Å². The third-order valence-corrected chi connectivity index (χ3v) is 2.43. The number of hydrogen-bond acceptors (Lipinski definition) is 3. The zero-order valence-electron chi connectivity index (χ0n) is 8.72. The molecule has 0 radical (unpaired) electrons. The van der Waals surface area contributed by atoms with Gasteiger partial charge in [-0.15, -0.1) is 0 Å². The minimum Gasteiger partial charge on any atom is -0.367 e. The summed E-state index contributed by atoms with van der Waals surface area (Å²) in [5.74, 6) is 0.839. The molecule has 1 aromatic heterocycles. The Morgan fingerprint density at radius 3 is 2.71 bits per heavy atom. The summed E-state index contributed by atoms with van der Waals surface area (Å²) in [6.45, 7) is 7.07. The Labute approximate surface area is 83.1 Å². The van der Waals surface area contributed by atoms with E-state index in [1.807, 2.05) is 13.0 Å². The average molecular weight is 190 g/mol. The molecular weight excluding hydrogens is 176 g/mol. The van der Waals surface area contributed by atoms with Crippen LogP contribution in [0.1, 0.15) is 18.1 Å². The van der Waals surface area contributed by atoms with E-state index in [0.717, 1.165) is 23.3 Å². The van der Waals surface area contributed by atoms with Gasteiger partial charge >= 0.3 is 0 Å². The average Bonchev–Trinajstić information content (AvgIpc) is 2.51. The van der Waals surface area contributed by atoms with Crippen LogP contribution in [0.5, 0.6) is 0 Å². The number of anilines is 1. The predicted molar refractivity (Wildman–Crippen MR) is 57.6 cm³/mol. The van der Waals surface area contributed by atoms with Crippen molar-refractivity contribution in [2.75, 3.05) is 11.9 Å². The van der Waals surface area contributed by atoms with Gasteiger partial charge in [-0.25, -0.2) is 0 Å². The first kappa shape index (κ1) is 9.06. The molecule has 3 nitrogen and oxygen atoms in total. The minimum absolute atomic E-state index is 0.839. The van der Waals surface area contributed by atoms with Crippen LogP contribution in [0.4, 0.5) is 5.82 Å². The van der Waals surface area contributed by atoms with Gasteiger partial charge in [0.15, 0.2) is 11.4 Å². The number of aryl methyl sites for hydroxylation is 2. The molecule has 1 aromatic carbocycles. The van der Waals surface area contributed by atoms with Gasteiger partial charge in [0.25, 0.3) is 0 Å². The van der Waals surface area contributed by atoms with Crippen molar-refractivity contribution in [2.24, 2.45) is 0 Å². The zero-order chi connectivity index (χ0) is 10.1. The molecule has 2 aromatic rings. The lowest BCUT2D eigenvalue weighted by Gasteiger charge is -2.00. The molecule has 14 heavy (non-hydrogen) atoms. The zero-order valence-corrected chi connectivity index (χ0v) is 8.72. The molecule has 1 N–H and O–H groups in total. The standard InChI is InChI=1S/C11H14N2O/c1-4-12-11-9-5-7(2)8(3)6-10(9)14-13-11/h5-6H,4H2,1-3H3,(H,12,13). The van der Waals surface area contributed by atoms with Crippen LogP contribution in [0.3, 0.4) is 0 Å². The van der Waals surface area contributed by atoms with Crippen LogP contribution in [0.2, 0.25) is 0 Å². The second-order valence-electron chi connectivity index (χ2n) is 3.49. The quantitative estimate of drug-likeness (QED) is 0.791. The van der Waals surface area contributed by atoms with Crippen LogP contribution in [-0.2, 0) is 0 Å². The summed E-state index contributed by atoms with van der Waals surface area (Å²) in [6, 6.07) is 4.14. The van der Waals surface area contributed by atoms with Gasteiger partial charge in [-0.1, -0.05) is 5.16 Å². The molecule has 0 aliphatic heterocycles. The number of aromatic nitrogens is 1. The van der Waals surface area contributed by atoms with Gasteiger partial charge in [-0.2, -0.15) is 0 Å². The maximum absolute atomic E-state index is 5.22. The van der Waals surface area contributed by atoms with Crippen LogP contribution < -0.4 is 5.32 Å². The molecule has 74 valence electrons. The fourth-order valence-electron chi connectivity index (χ4n) is 1.49. The normalized spacial score (nSPS) is 10.8. The highest BCUT2D eigenvalue weighted by molar-refractivity contribution is 5.89. The molecule has 0 fully saturated rings. The summed E-state index contributed by atoms with van der Waals surface area (Å²) < 4.78 is 5.22. The van der Waals surface area contributed by atoms with Crippen molar-refractivity contribution < 1.29 is 4.52 Å². The van der Waals surface area contributed by atoms with Gasteiger partial charge in [-0.05, 0) is 44.0 Å². The van der Waals surface area contributed by atoms with Gasteiger partial charge in [-0.3, -0.25) is 0 Å². The summed E-state index contributed by atoms with van der Waals surface area (Å²) in [5.41, 5.74) is 3.35. The number of nitrogens with zero attached hydrogens (tertiary/aromatic N) is 1. The summed E-state index contributed by atoms with van der Waals surface area (Å²) in [7, 11) is 0. The van der Waals surface area contributed by atoms with Crippen molar-refractivity contribution >= 4 is 16.8 Å². The molecule has 0 aliphatic carbocycles. The Morgan fingerprint density at radius 1 is 1.29 bits per heavy atom. The smallest absolute Gasteiger partial charge is 0.177 e. The Balaban J connectivity index is 2.61. The molecule has 0 amide bonds. The summed E-state index contributed by atoms with van der Waals surface area (Å²) >= 11 is 0. The second-order valence-corrected chi connectivity index (χ2v) is 3.49. The third-order valence-electron chi connectivity index (χ3n) is 2.43. The Hall–Kier alpha value is -1.51. The molecule has 0 aliphatic rings. The first-order valence-electron chi connectivity index (χ1n) is 4.83. The van der Waals surface area contributed by atoms with E-state index >= 15 is 0 Å². The lowest BCUT2D eigenvalue weighted by molar-refractivity contribution is 0.459. The van der Waals surface area contributed by atoms with Crippen molar-refractivity contribution in [1.29, 1.82) is 0 Å². The van der Waals surface area contributed by atoms with Crippen LogP contribution in [0, 0.1) is 13.8 Å². The van der Waals surface area contributed by atoms with E-state index in [-0.39, 0.29) is 0 Å². The van der Waals surface area contributed by atoms with E-state index < -0.39 is 0 Å². The highest BCUT2D eigenvalue weighted by Gasteiger charge is 2.08. The summed E-state index contributed by atoms with van der Waals surface area (Å²) in [4.78, 5) is 0. The van der Waals surface area contributed by atoms with Crippen molar-refractivity contribution in [3.8, 4) is 0 Å². The fourth-order valence-corrected chi connectivity index (χ4v) is 1.49. The van der Waals surface area contributed by atoms with E-state index in [9.17, 15) is 0 Å². The topological polar surface area (TPSA) is 38.1 Å². The van der Waals surface area contributed by atoms with Crippen LogP contribution >= 0.6 is 0 Å². The molecule has 0 saturated carbocycles. The summed E-state index contributed by atoms with van der Waals surface area (Å²) in [5, 5.41) is 8.22. The Bertz CT molecular complexity index is 460. The molecule has 1 heterocycles. The predicted octanol–water partition coefficient (Wildman–Crippen LogP) is 2.88. The molecule has 0 saturated heterocycles. The van der Waals surface area contributed by atoms with E-state index in [1.165, 1.54) is 11.1 Å². The molecular formula is C11H14N2O. The highest BCUT2D eigenvalue weighted by Crippen LogP contribution is 2.25. The molecule has 3 heteroatoms. The second kappa shape index (κ2) is 3.33. The number of rotatable bonds is 2. The van der Waals surface area contributed by atoms with Gasteiger partial charge < -0.3 is 9.84 Å². The molecule has 2 rings (SSSR count). The highest BCUT2D eigenvalue weighted by atomic mass is 16.5. The SMILES string of the molecule is CCNc1noc2cc(C)c(C)cc12. The maximum atomic E-state index is 5.22. The molecule has 0 unspecified atom stereocenters. The molecule has 0 atom stereocenters. The van der Waals surface area contributed by atoms with Crippen molar-refractivity contribution in [2.45, 2.75) is 20.8 Å². The minimum atomic E-state index is 0.839. The lowest BCUT2D eigenvalue weighted by atomic mass is 10.1. The number of hydrogen-bond donors (Lipinski definition) is 1. The lowest BCUT2D eigenvalue weighted by Crippen LogP contribution is -1.96. The van der Waals surface area contributed by atoms with Crippen LogP contribution in [0.25, 0.3) is 11.0 Å². The third kappa shape index (κ3) is 1.35. The summed E-state index contributed by atoms with van der Waals surface area (Å²) in [6.07, 6.45) is 0. The number of benzene rings is 1. The van der Waals surface area contributed by atoms with E-state index in [1.54, 1.807) is 0 Å². The van der Waals surface area contributed by atoms with Crippen molar-refractivity contribution in [3.05, 3.63) is 23.3 Å². The molecule has 0 bridgehead atoms. The van der Waals surface area contributed by atoms with Crippen molar-refractivity contribution in [1.82, 2.24) is 5.16 Å². The number of fused-ring (bicyclic) bond motifs is 1. The first-order chi connectivity index (χ1) is 6.72. The monoisotopic (exact) mass is 190 g/mol. The fraction of sp³-hybridized carbons (Fsp3) is 0.364. The van der Waals surface area contributed by atoms with Gasteiger partial charge in [0.05, 0.1) is 5.39 Å². The van der Waals surface area contributed by atoms with E-state index in [2.05, 4.69) is 30.4 Å². The van der Waals surface area contributed by atoms with E-state index in [0.29, 0.717) is 0 Å². The Kier molecular flexibility index (Phi) is 2.15.